The van der Waals surface area contributed by atoms with Crippen LogP contribution in [0.2, 0.25) is 0 Å². The summed E-state index contributed by atoms with van der Waals surface area (Å²) in [5, 5.41) is 16.4. The van der Waals surface area contributed by atoms with Gasteiger partial charge < -0.3 is 18.8 Å². The first kappa shape index (κ1) is 20.7. The summed E-state index contributed by atoms with van der Waals surface area (Å²) in [6, 6.07) is 12.3. The Hall–Kier alpha value is -3.58. The number of hydrogen-bond donors (Lipinski definition) is 0. The lowest BCUT2D eigenvalue weighted by atomic mass is 10.1. The highest BCUT2D eigenvalue weighted by Gasteiger charge is 2.36. The highest BCUT2D eigenvalue weighted by Crippen LogP contribution is 2.36. The standard InChI is InChI=1S/C21H17F3N4O3/c1-13-28(16-5-2-15(9-25)19(8-16)21(22,23)24)10-18(31-13)11-29-17-6-3-14(4-7-17)20-27-26-12-30-20/h2-8,12-13,18H,10-11H2,1H3/t13-,18+/m1/s1. The van der Waals surface area contributed by atoms with Crippen LogP contribution in [0.25, 0.3) is 11.5 Å². The number of rotatable bonds is 5. The molecule has 31 heavy (non-hydrogen) atoms. The lowest BCUT2D eigenvalue weighted by Crippen LogP contribution is -2.28. The first-order valence-electron chi connectivity index (χ1n) is 9.38. The average Bonchev–Trinajstić information content (AvgIpc) is 3.41. The van der Waals surface area contributed by atoms with E-state index in [0.29, 0.717) is 23.9 Å². The topological polar surface area (TPSA) is 84.4 Å². The van der Waals surface area contributed by atoms with E-state index in [1.807, 2.05) is 0 Å². The highest BCUT2D eigenvalue weighted by molar-refractivity contribution is 5.56. The molecule has 0 unspecified atom stereocenters. The van der Waals surface area contributed by atoms with Crippen LogP contribution in [-0.2, 0) is 10.9 Å². The number of halogens is 3. The first-order chi connectivity index (χ1) is 14.8. The largest absolute Gasteiger partial charge is 0.491 e. The molecule has 1 aromatic heterocycles. The van der Waals surface area contributed by atoms with Crippen LogP contribution in [0.1, 0.15) is 18.1 Å². The van der Waals surface area contributed by atoms with Crippen LogP contribution in [0.4, 0.5) is 18.9 Å². The molecule has 0 saturated carbocycles. The first-order valence-corrected chi connectivity index (χ1v) is 9.38. The van der Waals surface area contributed by atoms with E-state index in [-0.39, 0.29) is 12.7 Å². The van der Waals surface area contributed by atoms with Crippen LogP contribution in [0.15, 0.2) is 53.3 Å². The third kappa shape index (κ3) is 4.46. The summed E-state index contributed by atoms with van der Waals surface area (Å²) in [6.45, 7) is 2.33. The number of nitriles is 1. The van der Waals surface area contributed by atoms with Gasteiger partial charge in [-0.3, -0.25) is 0 Å². The molecule has 4 rings (SSSR count). The normalized spacial score (nSPS) is 18.7. The van der Waals surface area contributed by atoms with Gasteiger partial charge in [-0.25, -0.2) is 0 Å². The Morgan fingerprint density at radius 3 is 2.65 bits per heavy atom. The summed E-state index contributed by atoms with van der Waals surface area (Å²) in [5.41, 5.74) is -0.276. The van der Waals surface area contributed by atoms with E-state index in [2.05, 4.69) is 10.2 Å². The maximum atomic E-state index is 13.3. The Labute approximate surface area is 175 Å². The quantitative estimate of drug-likeness (QED) is 0.598. The molecule has 7 nitrogen and oxygen atoms in total. The van der Waals surface area contributed by atoms with Crippen molar-refractivity contribution in [2.24, 2.45) is 0 Å². The fourth-order valence-electron chi connectivity index (χ4n) is 3.39. The van der Waals surface area contributed by atoms with Crippen LogP contribution in [-0.4, -0.2) is 35.7 Å². The van der Waals surface area contributed by atoms with E-state index in [4.69, 9.17) is 19.2 Å². The molecule has 3 aromatic rings. The molecule has 160 valence electrons. The van der Waals surface area contributed by atoms with Crippen molar-refractivity contribution < 1.29 is 27.1 Å². The van der Waals surface area contributed by atoms with Crippen LogP contribution in [0.3, 0.4) is 0 Å². The molecule has 1 saturated heterocycles. The number of anilines is 1. The molecule has 10 heteroatoms. The van der Waals surface area contributed by atoms with Crippen LogP contribution in [0, 0.1) is 11.3 Å². The Morgan fingerprint density at radius 1 is 1.23 bits per heavy atom. The second-order valence-corrected chi connectivity index (χ2v) is 6.93. The Morgan fingerprint density at radius 2 is 2.00 bits per heavy atom. The zero-order chi connectivity index (χ0) is 22.0. The minimum absolute atomic E-state index is 0.225. The lowest BCUT2D eigenvalue weighted by molar-refractivity contribution is -0.137. The van der Waals surface area contributed by atoms with Gasteiger partial charge in [0.1, 0.15) is 24.7 Å². The number of ether oxygens (including phenoxy) is 2. The third-order valence-corrected chi connectivity index (χ3v) is 4.89. The fourth-order valence-corrected chi connectivity index (χ4v) is 3.39. The molecule has 1 aliphatic heterocycles. The molecular formula is C21H17F3N4O3. The molecular weight excluding hydrogens is 413 g/mol. The van der Waals surface area contributed by atoms with Gasteiger partial charge in [0.05, 0.1) is 23.7 Å². The van der Waals surface area contributed by atoms with Gasteiger partial charge in [0.2, 0.25) is 12.3 Å². The van der Waals surface area contributed by atoms with Crippen molar-refractivity contribution in [3.63, 3.8) is 0 Å². The van der Waals surface area contributed by atoms with E-state index < -0.39 is 23.5 Å². The second-order valence-electron chi connectivity index (χ2n) is 6.93. The Bertz CT molecular complexity index is 1080. The maximum absolute atomic E-state index is 13.3. The molecule has 0 radical (unpaired) electrons. The van der Waals surface area contributed by atoms with Crippen LogP contribution < -0.4 is 9.64 Å². The zero-order valence-corrected chi connectivity index (χ0v) is 16.3. The summed E-state index contributed by atoms with van der Waals surface area (Å²) in [5.74, 6) is 1.01. The maximum Gasteiger partial charge on any atom is 0.417 e. The van der Waals surface area contributed by atoms with Gasteiger partial charge in [0, 0.05) is 11.3 Å². The van der Waals surface area contributed by atoms with E-state index in [1.54, 1.807) is 42.2 Å². The third-order valence-electron chi connectivity index (χ3n) is 4.89. The molecule has 0 aliphatic carbocycles. The monoisotopic (exact) mass is 430 g/mol. The molecule has 1 fully saturated rings. The Kier molecular flexibility index (Phi) is 5.52. The molecule has 0 bridgehead atoms. The van der Waals surface area contributed by atoms with Crippen molar-refractivity contribution in [3.8, 4) is 23.3 Å². The highest BCUT2D eigenvalue weighted by atomic mass is 19.4. The predicted molar refractivity (Wildman–Crippen MR) is 103 cm³/mol. The summed E-state index contributed by atoms with van der Waals surface area (Å²) in [6.07, 6.45) is -4.14. The lowest BCUT2D eigenvalue weighted by Gasteiger charge is -2.23. The van der Waals surface area contributed by atoms with Crippen molar-refractivity contribution in [3.05, 3.63) is 60.0 Å². The minimum Gasteiger partial charge on any atom is -0.491 e. The van der Waals surface area contributed by atoms with Gasteiger partial charge in [0.25, 0.3) is 0 Å². The average molecular weight is 430 g/mol. The summed E-state index contributed by atoms with van der Waals surface area (Å²) in [7, 11) is 0. The summed E-state index contributed by atoms with van der Waals surface area (Å²) in [4.78, 5) is 1.71. The molecule has 1 aliphatic rings. The zero-order valence-electron chi connectivity index (χ0n) is 16.3. The number of alkyl halides is 3. The number of hydrogen-bond acceptors (Lipinski definition) is 7. The molecule has 2 aromatic carbocycles. The van der Waals surface area contributed by atoms with Gasteiger partial charge in [-0.15, -0.1) is 10.2 Å². The molecule has 0 spiro atoms. The summed E-state index contributed by atoms with van der Waals surface area (Å²) >= 11 is 0. The molecule has 0 amide bonds. The number of aromatic nitrogens is 2. The van der Waals surface area contributed by atoms with Crippen molar-refractivity contribution in [2.75, 3.05) is 18.1 Å². The van der Waals surface area contributed by atoms with E-state index in [9.17, 15) is 13.2 Å². The molecule has 0 N–H and O–H groups in total. The number of nitrogens with zero attached hydrogens (tertiary/aromatic N) is 4. The van der Waals surface area contributed by atoms with Crippen molar-refractivity contribution in [2.45, 2.75) is 25.4 Å². The minimum atomic E-state index is -4.61. The molecule has 2 heterocycles. The van der Waals surface area contributed by atoms with E-state index in [0.717, 1.165) is 11.6 Å². The SMILES string of the molecule is C[C@H]1O[C@H](COc2ccc(-c3nnco3)cc2)CN1c1ccc(C#N)c(C(F)(F)F)c1. The Balaban J connectivity index is 1.41. The fraction of sp³-hybridized carbons (Fsp3) is 0.286. The van der Waals surface area contributed by atoms with E-state index >= 15 is 0 Å². The number of benzene rings is 2. The van der Waals surface area contributed by atoms with Crippen molar-refractivity contribution in [1.29, 1.82) is 5.26 Å². The molecule has 2 atom stereocenters. The van der Waals surface area contributed by atoms with Gasteiger partial charge in [-0.1, -0.05) is 0 Å². The predicted octanol–water partition coefficient (Wildman–Crippen LogP) is 4.26. The van der Waals surface area contributed by atoms with Gasteiger partial charge in [-0.2, -0.15) is 18.4 Å². The van der Waals surface area contributed by atoms with Gasteiger partial charge in [-0.05, 0) is 49.4 Å². The van der Waals surface area contributed by atoms with Crippen LogP contribution >= 0.6 is 0 Å². The summed E-state index contributed by atoms with van der Waals surface area (Å²) < 4.78 is 56.5. The van der Waals surface area contributed by atoms with Crippen molar-refractivity contribution in [1.82, 2.24) is 10.2 Å². The van der Waals surface area contributed by atoms with E-state index in [1.165, 1.54) is 18.5 Å². The van der Waals surface area contributed by atoms with Gasteiger partial charge in [0.15, 0.2) is 0 Å². The van der Waals surface area contributed by atoms with Crippen molar-refractivity contribution >= 4 is 5.69 Å². The van der Waals surface area contributed by atoms with Crippen LogP contribution in [0.5, 0.6) is 5.75 Å². The van der Waals surface area contributed by atoms with Gasteiger partial charge >= 0.3 is 6.18 Å². The second kappa shape index (κ2) is 8.28. The smallest absolute Gasteiger partial charge is 0.417 e.